The van der Waals surface area contributed by atoms with Gasteiger partial charge in [-0.25, -0.2) is 0 Å². The van der Waals surface area contributed by atoms with Crippen molar-refractivity contribution in [2.24, 2.45) is 5.92 Å². The summed E-state index contributed by atoms with van der Waals surface area (Å²) in [5.74, 6) is 0.158. The summed E-state index contributed by atoms with van der Waals surface area (Å²) in [5, 5.41) is 53.2. The quantitative estimate of drug-likeness (QED) is 0.0220. The molecule has 2 heterocycles. The van der Waals surface area contributed by atoms with Gasteiger partial charge in [0.2, 0.25) is 0 Å². The Morgan fingerprint density at radius 3 is 1.18 bits per heavy atom. The van der Waals surface area contributed by atoms with Crippen LogP contribution in [0.5, 0.6) is 0 Å². The predicted molar refractivity (Wildman–Crippen MR) is 220 cm³/mol. The van der Waals surface area contributed by atoms with Crippen molar-refractivity contribution in [3.63, 3.8) is 0 Å². The summed E-state index contributed by atoms with van der Waals surface area (Å²) in [5.41, 5.74) is 0. The van der Waals surface area contributed by atoms with E-state index in [4.69, 9.17) is 18.9 Å². The van der Waals surface area contributed by atoms with Gasteiger partial charge in [-0.1, -0.05) is 168 Å². The van der Waals surface area contributed by atoms with Crippen LogP contribution in [0, 0.1) is 5.92 Å². The molecule has 2 saturated heterocycles. The Morgan fingerprint density at radius 1 is 0.477 bits per heavy atom. The zero-order valence-electron chi connectivity index (χ0n) is 40.9. The fraction of sp³-hybridized carbons (Fsp3) is 1.00. The average molecular weight is 1010 g/mol. The van der Waals surface area contributed by atoms with E-state index < -0.39 is 90.3 Å². The fourth-order valence-electron chi connectivity index (χ4n) is 8.30. The molecule has 0 unspecified atom stereocenters. The minimum Gasteiger partial charge on any atom is -0.790 e. The molecule has 17 nitrogen and oxygen atoms in total. The maximum atomic E-state index is 11.5. The molecular weight excluding hydrogens is 930 g/mol. The first-order chi connectivity index (χ1) is 29.1. The minimum atomic E-state index is -5.98. The summed E-state index contributed by atoms with van der Waals surface area (Å²) < 4.78 is 54.3. The second kappa shape index (κ2) is 43.1. The number of unbranched alkanes of at least 4 members (excludes halogenated alkanes) is 22. The molecule has 65 heavy (non-hydrogen) atoms. The number of aliphatic hydroxyl groups excluding tert-OH is 5. The molecule has 5 N–H and O–H groups in total. The molecule has 0 amide bonds. The van der Waals surface area contributed by atoms with Crippen molar-refractivity contribution in [2.75, 3.05) is 19.8 Å². The van der Waals surface area contributed by atoms with Gasteiger partial charge in [0.25, 0.3) is 0 Å². The van der Waals surface area contributed by atoms with Gasteiger partial charge in [0.05, 0.1) is 35.5 Å². The van der Waals surface area contributed by atoms with Crippen LogP contribution in [0.25, 0.3) is 0 Å². The Labute approximate surface area is 478 Å². The van der Waals surface area contributed by atoms with E-state index in [0.717, 1.165) is 38.5 Å². The third kappa shape index (κ3) is 32.7. The smallest absolute Gasteiger partial charge is 0.790 e. The number of phosphoric acid groups is 2. The number of hydrogen-bond donors (Lipinski definition) is 5. The van der Waals surface area contributed by atoms with Crippen molar-refractivity contribution in [2.45, 2.75) is 242 Å². The second-order valence-electron chi connectivity index (χ2n) is 17.1. The molecule has 0 aromatic rings. The molecule has 0 spiro atoms. The van der Waals surface area contributed by atoms with Gasteiger partial charge in [-0.05, 0) is 18.8 Å². The first-order valence-electron chi connectivity index (χ1n) is 23.4. The standard InChI is InChI=1S/C42H84O17P2.4Na/c1-3-5-7-9-11-13-15-17-19-21-23-25-27-32(28-26-24-22-20-18-16-14-12-10-8-6-4-2)31-54-41-36(46)35(45)38(33(29-43)55-41)57-42-37(47)40(59-61(51,52)53)39(34(30-44)56-42)58-60(48,49)50;;;;/h32-47H,3-31H2,1-2H3,(H2,48,49,50)(H2,51,52,53);;;;/q;4*+1/p-4/t33-,34-,35-,36-,37-,38-,39+,40-,41-,42+;;;;/m1..../s1. The molecule has 23 heteroatoms. The molecule has 2 aliphatic rings. The van der Waals surface area contributed by atoms with E-state index in [1.165, 1.54) is 128 Å². The Balaban J connectivity index is -0.00000961. The molecule has 0 aromatic heterocycles. The van der Waals surface area contributed by atoms with E-state index in [9.17, 15) is 54.2 Å². The second-order valence-corrected chi connectivity index (χ2v) is 19.3. The van der Waals surface area contributed by atoms with Crippen molar-refractivity contribution in [1.29, 1.82) is 0 Å². The van der Waals surface area contributed by atoms with Gasteiger partial charge < -0.3 is 82.2 Å². The molecule has 0 bridgehead atoms. The Morgan fingerprint density at radius 2 is 0.815 bits per heavy atom. The number of hydrogen-bond acceptors (Lipinski definition) is 17. The largest absolute Gasteiger partial charge is 1.00 e. The van der Waals surface area contributed by atoms with E-state index in [1.54, 1.807) is 0 Å². The number of ether oxygens (including phenoxy) is 4. The molecule has 0 radical (unpaired) electrons. The molecule has 10 atom stereocenters. The van der Waals surface area contributed by atoms with Crippen LogP contribution < -0.4 is 138 Å². The van der Waals surface area contributed by atoms with E-state index in [1.807, 2.05) is 0 Å². The van der Waals surface area contributed by atoms with Crippen LogP contribution >= 0.6 is 15.6 Å². The summed E-state index contributed by atoms with van der Waals surface area (Å²) in [6.45, 7) is 2.76. The maximum Gasteiger partial charge on any atom is 1.00 e. The summed E-state index contributed by atoms with van der Waals surface area (Å²) >= 11 is 0. The number of aliphatic hydroxyl groups is 5. The molecule has 0 aliphatic carbocycles. The zero-order chi connectivity index (χ0) is 45.1. The Bertz CT molecular complexity index is 1170. The summed E-state index contributed by atoms with van der Waals surface area (Å²) in [6, 6.07) is 0. The van der Waals surface area contributed by atoms with E-state index in [0.29, 0.717) is 0 Å². The predicted octanol–water partition coefficient (Wildman–Crippen LogP) is -7.85. The van der Waals surface area contributed by atoms with E-state index in [2.05, 4.69) is 22.9 Å². The third-order valence-corrected chi connectivity index (χ3v) is 12.8. The van der Waals surface area contributed by atoms with Crippen molar-refractivity contribution in [1.82, 2.24) is 0 Å². The molecule has 0 aromatic carbocycles. The monoisotopic (exact) mass is 1010 g/mol. The maximum absolute atomic E-state index is 11.5. The van der Waals surface area contributed by atoms with Gasteiger partial charge in [0, 0.05) is 0 Å². The van der Waals surface area contributed by atoms with Gasteiger partial charge >= 0.3 is 118 Å². The molecule has 2 fully saturated rings. The van der Waals surface area contributed by atoms with Crippen molar-refractivity contribution >= 4 is 15.6 Å². The summed E-state index contributed by atoms with van der Waals surface area (Å²) in [7, 11) is -11.9. The van der Waals surface area contributed by atoms with Crippen LogP contribution in [0.2, 0.25) is 0 Å². The van der Waals surface area contributed by atoms with Crippen LogP contribution in [0.15, 0.2) is 0 Å². The van der Waals surface area contributed by atoms with E-state index >= 15 is 0 Å². The average Bonchev–Trinajstić information content (AvgIpc) is 3.20. The summed E-state index contributed by atoms with van der Waals surface area (Å²) in [4.78, 5) is 45.7. The molecule has 2 rings (SSSR count). The fourth-order valence-corrected chi connectivity index (χ4v) is 9.40. The third-order valence-electron chi connectivity index (χ3n) is 11.8. The molecule has 0 saturated carbocycles. The van der Waals surface area contributed by atoms with Gasteiger partial charge in [-0.3, -0.25) is 0 Å². The van der Waals surface area contributed by atoms with Gasteiger partial charge in [-0.15, -0.1) is 0 Å². The van der Waals surface area contributed by atoms with Gasteiger partial charge in [0.15, 0.2) is 12.6 Å². The van der Waals surface area contributed by atoms with Gasteiger partial charge in [-0.2, -0.15) is 0 Å². The summed E-state index contributed by atoms with van der Waals surface area (Å²) in [6.07, 6.45) is 12.5. The SMILES string of the molecule is CCCCCCCCCCCCCCC(CCCCCCCCCCCCCC)CO[C@@H]1O[C@H](CO)[C@@H](O[C@@H]2O[C@H](CO)[C@H](OP(=O)([O-])[O-])[C@H](OP(=O)([O-])[O-])[C@H]2O)[C@H](O)[C@H]1O.[Na+].[Na+].[Na+].[Na+]. The first kappa shape index (κ1) is 73.1. The van der Waals surface area contributed by atoms with Crippen molar-refractivity contribution in [3.05, 3.63) is 0 Å². The number of rotatable bonds is 37. The molecule has 364 valence electrons. The van der Waals surface area contributed by atoms with Crippen molar-refractivity contribution in [3.8, 4) is 0 Å². The van der Waals surface area contributed by atoms with Crippen LogP contribution in [0.3, 0.4) is 0 Å². The van der Waals surface area contributed by atoms with Gasteiger partial charge in [0.1, 0.15) is 48.8 Å². The topological polar surface area (TPSA) is 283 Å². The molecular formula is C42H80Na4O17P2. The van der Waals surface area contributed by atoms with Crippen molar-refractivity contribution < 1.29 is 200 Å². The van der Waals surface area contributed by atoms with E-state index in [-0.39, 0.29) is 131 Å². The van der Waals surface area contributed by atoms with Crippen LogP contribution in [-0.4, -0.2) is 107 Å². The van der Waals surface area contributed by atoms with Crippen LogP contribution in [0.4, 0.5) is 0 Å². The van der Waals surface area contributed by atoms with Crippen LogP contribution in [-0.2, 0) is 37.1 Å². The Hall–Kier alpha value is 3.86. The normalized spacial score (nSPS) is 25.9. The first-order valence-corrected chi connectivity index (χ1v) is 26.3. The Kier molecular flexibility index (Phi) is 48.5. The minimum absolute atomic E-state index is 0. The number of phosphoric ester groups is 2. The zero-order valence-corrected chi connectivity index (χ0v) is 50.7. The molecule has 2 aliphatic heterocycles. The van der Waals surface area contributed by atoms with Crippen LogP contribution in [0.1, 0.15) is 181 Å².